The average Bonchev–Trinajstić information content (AvgIpc) is 3.30. The third-order valence-corrected chi connectivity index (χ3v) is 5.67. The number of ether oxygens (including phenoxy) is 1. The Hall–Kier alpha value is -3.65. The van der Waals surface area contributed by atoms with Crippen molar-refractivity contribution in [1.82, 2.24) is 0 Å². The lowest BCUT2D eigenvalue weighted by Crippen LogP contribution is -2.52. The lowest BCUT2D eigenvalue weighted by molar-refractivity contribution is -0.122. The molecular formula is C23H21N3O4S. The maximum absolute atomic E-state index is 13.2. The highest BCUT2D eigenvalue weighted by atomic mass is 32.1. The lowest BCUT2D eigenvalue weighted by atomic mass is 10.0. The van der Waals surface area contributed by atoms with Crippen LogP contribution >= 0.6 is 11.3 Å². The van der Waals surface area contributed by atoms with E-state index in [9.17, 15) is 14.4 Å². The predicted molar refractivity (Wildman–Crippen MR) is 121 cm³/mol. The Morgan fingerprint density at radius 3 is 2.58 bits per heavy atom. The van der Waals surface area contributed by atoms with Crippen LogP contribution in [-0.2, 0) is 9.59 Å². The topological polar surface area (TPSA) is 87.7 Å². The maximum atomic E-state index is 13.2. The average molecular weight is 436 g/mol. The zero-order chi connectivity index (χ0) is 21.8. The third kappa shape index (κ3) is 4.44. The smallest absolute Gasteiger partial charge is 0.269 e. The summed E-state index contributed by atoms with van der Waals surface area (Å²) >= 11 is 1.29. The van der Waals surface area contributed by atoms with Gasteiger partial charge in [-0.3, -0.25) is 19.3 Å². The molecule has 0 unspecified atom stereocenters. The molecule has 1 aliphatic heterocycles. The van der Waals surface area contributed by atoms with E-state index in [0.717, 1.165) is 0 Å². The number of amides is 3. The number of rotatable bonds is 6. The second-order valence-electron chi connectivity index (χ2n) is 6.88. The van der Waals surface area contributed by atoms with Gasteiger partial charge in [-0.05, 0) is 54.8 Å². The van der Waals surface area contributed by atoms with E-state index >= 15 is 0 Å². The van der Waals surface area contributed by atoms with Gasteiger partial charge in [0.15, 0.2) is 0 Å². The monoisotopic (exact) mass is 435 g/mol. The Balaban J connectivity index is 1.57. The SMILES string of the molecule is CCOc1ccc(NC(=O)C[C@@H]2C(=O)Nc3ccccc3N2C(=O)c2cccs2)cc1. The van der Waals surface area contributed by atoms with Crippen molar-refractivity contribution in [1.29, 1.82) is 0 Å². The van der Waals surface area contributed by atoms with E-state index in [4.69, 9.17) is 4.74 Å². The number of para-hydroxylation sites is 2. The van der Waals surface area contributed by atoms with E-state index < -0.39 is 11.9 Å². The molecule has 4 rings (SSSR count). The first-order valence-corrected chi connectivity index (χ1v) is 10.7. The van der Waals surface area contributed by atoms with Crippen molar-refractivity contribution in [3.8, 4) is 5.75 Å². The van der Waals surface area contributed by atoms with E-state index in [0.29, 0.717) is 34.3 Å². The van der Waals surface area contributed by atoms with Gasteiger partial charge in [-0.2, -0.15) is 0 Å². The Labute approximate surface area is 183 Å². The van der Waals surface area contributed by atoms with Gasteiger partial charge in [0.2, 0.25) is 11.8 Å². The minimum absolute atomic E-state index is 0.176. The Morgan fingerprint density at radius 2 is 1.87 bits per heavy atom. The van der Waals surface area contributed by atoms with Crippen molar-refractivity contribution < 1.29 is 19.1 Å². The highest BCUT2D eigenvalue weighted by Crippen LogP contribution is 2.34. The number of carbonyl (C=O) groups excluding carboxylic acids is 3. The minimum Gasteiger partial charge on any atom is -0.494 e. The first-order valence-electron chi connectivity index (χ1n) is 9.86. The van der Waals surface area contributed by atoms with E-state index in [-0.39, 0.29) is 18.2 Å². The van der Waals surface area contributed by atoms with Crippen LogP contribution in [0.15, 0.2) is 66.0 Å². The molecule has 2 aromatic carbocycles. The number of thiophene rings is 1. The fourth-order valence-electron chi connectivity index (χ4n) is 3.43. The number of nitrogens with one attached hydrogen (secondary N) is 2. The summed E-state index contributed by atoms with van der Waals surface area (Å²) < 4.78 is 5.40. The van der Waals surface area contributed by atoms with Gasteiger partial charge in [0.05, 0.1) is 29.3 Å². The summed E-state index contributed by atoms with van der Waals surface area (Å²) in [4.78, 5) is 40.7. The second kappa shape index (κ2) is 9.01. The molecular weight excluding hydrogens is 414 g/mol. The van der Waals surface area contributed by atoms with Crippen molar-refractivity contribution >= 4 is 46.1 Å². The van der Waals surface area contributed by atoms with Gasteiger partial charge in [0.1, 0.15) is 11.8 Å². The van der Waals surface area contributed by atoms with E-state index in [1.165, 1.54) is 16.2 Å². The van der Waals surface area contributed by atoms with Crippen molar-refractivity contribution in [3.05, 3.63) is 70.9 Å². The zero-order valence-corrected chi connectivity index (χ0v) is 17.6. The Bertz CT molecular complexity index is 1100. The summed E-state index contributed by atoms with van der Waals surface area (Å²) in [7, 11) is 0. The molecule has 0 saturated heterocycles. The van der Waals surface area contributed by atoms with E-state index in [2.05, 4.69) is 10.6 Å². The number of hydrogen-bond acceptors (Lipinski definition) is 5. The number of nitrogens with zero attached hydrogens (tertiary/aromatic N) is 1. The van der Waals surface area contributed by atoms with Crippen molar-refractivity contribution in [2.75, 3.05) is 22.1 Å². The van der Waals surface area contributed by atoms with Crippen molar-refractivity contribution in [3.63, 3.8) is 0 Å². The standard InChI is InChI=1S/C23H21N3O4S/c1-2-30-16-11-9-15(10-12-16)24-21(27)14-19-22(28)25-17-6-3-4-7-18(17)26(19)23(29)20-8-5-13-31-20/h3-13,19H,2,14H2,1H3,(H,24,27)(H,25,28)/t19-/m1/s1. The lowest BCUT2D eigenvalue weighted by Gasteiger charge is -2.35. The zero-order valence-electron chi connectivity index (χ0n) is 16.8. The molecule has 1 aliphatic rings. The molecule has 0 radical (unpaired) electrons. The molecule has 0 fully saturated rings. The molecule has 1 aromatic heterocycles. The van der Waals surface area contributed by atoms with Gasteiger partial charge in [0.25, 0.3) is 5.91 Å². The molecule has 31 heavy (non-hydrogen) atoms. The number of hydrogen-bond donors (Lipinski definition) is 2. The molecule has 158 valence electrons. The van der Waals surface area contributed by atoms with Crippen LogP contribution < -0.4 is 20.3 Å². The second-order valence-corrected chi connectivity index (χ2v) is 7.83. The van der Waals surface area contributed by atoms with Gasteiger partial charge in [-0.15, -0.1) is 11.3 Å². The first-order chi connectivity index (χ1) is 15.1. The molecule has 3 amide bonds. The van der Waals surface area contributed by atoms with Gasteiger partial charge in [-0.1, -0.05) is 18.2 Å². The van der Waals surface area contributed by atoms with Crippen LogP contribution in [0.25, 0.3) is 0 Å². The molecule has 2 heterocycles. The summed E-state index contributed by atoms with van der Waals surface area (Å²) in [5, 5.41) is 7.39. The van der Waals surface area contributed by atoms with Gasteiger partial charge in [-0.25, -0.2) is 0 Å². The number of anilines is 3. The molecule has 0 saturated carbocycles. The largest absolute Gasteiger partial charge is 0.494 e. The minimum atomic E-state index is -0.966. The maximum Gasteiger partial charge on any atom is 0.269 e. The quantitative estimate of drug-likeness (QED) is 0.609. The fraction of sp³-hybridized carbons (Fsp3) is 0.174. The highest BCUT2D eigenvalue weighted by molar-refractivity contribution is 7.12. The van der Waals surface area contributed by atoms with Crippen molar-refractivity contribution in [2.24, 2.45) is 0 Å². The summed E-state index contributed by atoms with van der Waals surface area (Å²) in [5.41, 5.74) is 1.70. The molecule has 0 bridgehead atoms. The van der Waals surface area contributed by atoms with Gasteiger partial charge >= 0.3 is 0 Å². The highest BCUT2D eigenvalue weighted by Gasteiger charge is 2.38. The van der Waals surface area contributed by atoms with Crippen LogP contribution in [0.2, 0.25) is 0 Å². The molecule has 0 spiro atoms. The van der Waals surface area contributed by atoms with E-state index in [1.54, 1.807) is 66.0 Å². The molecule has 0 aliphatic carbocycles. The summed E-state index contributed by atoms with van der Waals surface area (Å²) in [6.07, 6.45) is -0.176. The summed E-state index contributed by atoms with van der Waals surface area (Å²) in [6, 6.07) is 16.6. The Morgan fingerprint density at radius 1 is 1.10 bits per heavy atom. The molecule has 8 heteroatoms. The van der Waals surface area contributed by atoms with Crippen LogP contribution in [0.1, 0.15) is 23.0 Å². The van der Waals surface area contributed by atoms with Gasteiger partial charge in [0, 0.05) is 5.69 Å². The van der Waals surface area contributed by atoms with Gasteiger partial charge < -0.3 is 15.4 Å². The number of fused-ring (bicyclic) bond motifs is 1. The predicted octanol–water partition coefficient (Wildman–Crippen LogP) is 4.14. The molecule has 7 nitrogen and oxygen atoms in total. The van der Waals surface area contributed by atoms with Crippen LogP contribution in [0, 0.1) is 0 Å². The first kappa shape index (κ1) is 20.6. The van der Waals surface area contributed by atoms with Crippen molar-refractivity contribution in [2.45, 2.75) is 19.4 Å². The number of benzene rings is 2. The number of carbonyl (C=O) groups is 3. The third-order valence-electron chi connectivity index (χ3n) is 4.81. The molecule has 1 atom stereocenters. The summed E-state index contributed by atoms with van der Waals surface area (Å²) in [6.45, 7) is 2.45. The van der Waals surface area contributed by atoms with Crippen LogP contribution in [-0.4, -0.2) is 30.4 Å². The normalized spacial score (nSPS) is 15.1. The fourth-order valence-corrected chi connectivity index (χ4v) is 4.09. The molecule has 2 N–H and O–H groups in total. The van der Waals surface area contributed by atoms with E-state index in [1.807, 2.05) is 6.92 Å². The molecule has 3 aromatic rings. The van der Waals surface area contributed by atoms with Crippen LogP contribution in [0.5, 0.6) is 5.75 Å². The Kier molecular flexibility index (Phi) is 5.99. The van der Waals surface area contributed by atoms with Crippen LogP contribution in [0.3, 0.4) is 0 Å². The summed E-state index contributed by atoms with van der Waals surface area (Å²) in [5.74, 6) is -0.370. The van der Waals surface area contributed by atoms with Crippen LogP contribution in [0.4, 0.5) is 17.1 Å².